The van der Waals surface area contributed by atoms with E-state index in [0.29, 0.717) is 6.42 Å². The van der Waals surface area contributed by atoms with Crippen LogP contribution < -0.4 is 10.6 Å². The molecule has 0 atom stereocenters. The number of ether oxygens (including phenoxy) is 1. The normalized spacial score (nSPS) is 10.5. The summed E-state index contributed by atoms with van der Waals surface area (Å²) >= 11 is 6.09. The van der Waals surface area contributed by atoms with Crippen LogP contribution in [0.3, 0.4) is 0 Å². The van der Waals surface area contributed by atoms with Gasteiger partial charge >= 0.3 is 5.97 Å². The van der Waals surface area contributed by atoms with Gasteiger partial charge in [0.25, 0.3) is 0 Å². The molecular formula is C15H12F4N2O2S2. The van der Waals surface area contributed by atoms with Crippen molar-refractivity contribution in [3.63, 3.8) is 0 Å². The smallest absolute Gasteiger partial charge is 0.340 e. The zero-order valence-corrected chi connectivity index (χ0v) is 14.6. The van der Waals surface area contributed by atoms with Gasteiger partial charge in [-0.2, -0.15) is 0 Å². The van der Waals surface area contributed by atoms with E-state index in [4.69, 9.17) is 12.2 Å². The van der Waals surface area contributed by atoms with Crippen LogP contribution in [0, 0.1) is 23.3 Å². The van der Waals surface area contributed by atoms with E-state index >= 15 is 0 Å². The molecule has 0 spiro atoms. The van der Waals surface area contributed by atoms with Crippen molar-refractivity contribution >= 4 is 45.3 Å². The van der Waals surface area contributed by atoms with Crippen LogP contribution in [0.5, 0.6) is 0 Å². The lowest BCUT2D eigenvalue weighted by atomic mass is 10.2. The van der Waals surface area contributed by atoms with Gasteiger partial charge in [0.15, 0.2) is 28.4 Å². The summed E-state index contributed by atoms with van der Waals surface area (Å²) in [6.45, 7) is 1.87. The lowest BCUT2D eigenvalue weighted by Crippen LogP contribution is -2.22. The number of rotatable bonds is 4. The lowest BCUT2D eigenvalue weighted by Gasteiger charge is -2.12. The highest BCUT2D eigenvalue weighted by Gasteiger charge is 2.21. The second-order valence-electron chi connectivity index (χ2n) is 4.72. The first-order valence-electron chi connectivity index (χ1n) is 6.90. The average molecular weight is 392 g/mol. The molecule has 0 aliphatic carbocycles. The van der Waals surface area contributed by atoms with Crippen LogP contribution in [0.15, 0.2) is 12.1 Å². The molecule has 2 rings (SSSR count). The Balaban J connectivity index is 2.27. The lowest BCUT2D eigenvalue weighted by molar-refractivity contribution is 0.0602. The first-order valence-corrected chi connectivity index (χ1v) is 8.12. The Morgan fingerprint density at radius 1 is 1.16 bits per heavy atom. The molecule has 10 heteroatoms. The predicted octanol–water partition coefficient (Wildman–Crippen LogP) is 4.46. The summed E-state index contributed by atoms with van der Waals surface area (Å²) in [5, 5.41) is 4.57. The van der Waals surface area contributed by atoms with Gasteiger partial charge in [0.1, 0.15) is 10.7 Å². The summed E-state index contributed by atoms with van der Waals surface area (Å²) in [6, 6.07) is 1.68. The van der Waals surface area contributed by atoms with Crippen LogP contribution >= 0.6 is 23.6 Å². The van der Waals surface area contributed by atoms with Crippen molar-refractivity contribution in [3.05, 3.63) is 45.8 Å². The predicted molar refractivity (Wildman–Crippen MR) is 91.2 cm³/mol. The highest BCUT2D eigenvalue weighted by Crippen LogP contribution is 2.30. The third kappa shape index (κ3) is 4.07. The molecule has 4 nitrogen and oxygen atoms in total. The van der Waals surface area contributed by atoms with Crippen LogP contribution in [0.1, 0.15) is 22.2 Å². The SMILES string of the molecule is CCc1cc(C(=O)OC)c(NC(=S)Nc2c(F)c(F)cc(F)c2F)s1. The van der Waals surface area contributed by atoms with E-state index in [-0.39, 0.29) is 21.7 Å². The van der Waals surface area contributed by atoms with Gasteiger partial charge in [-0.3, -0.25) is 0 Å². The number of thiophene rings is 1. The average Bonchev–Trinajstić information content (AvgIpc) is 2.99. The quantitative estimate of drug-likeness (QED) is 0.348. The third-order valence-corrected chi connectivity index (χ3v) is 4.51. The maximum atomic E-state index is 13.7. The van der Waals surface area contributed by atoms with Crippen molar-refractivity contribution < 1.29 is 27.1 Å². The Labute approximate surface area is 149 Å². The largest absolute Gasteiger partial charge is 0.465 e. The minimum atomic E-state index is -1.61. The highest BCUT2D eigenvalue weighted by molar-refractivity contribution is 7.80. The standard InChI is InChI=1S/C15H12F4N2O2S2/c1-3-6-4-7(14(22)23-2)13(25-6)21-15(24)20-12-10(18)8(16)5-9(17)11(12)19/h4-5H,3H2,1-2H3,(H2,20,21,24). The minimum absolute atomic E-state index is 0.0917. The van der Waals surface area contributed by atoms with E-state index in [9.17, 15) is 22.4 Å². The molecular weight excluding hydrogens is 380 g/mol. The van der Waals surface area contributed by atoms with Gasteiger partial charge in [0.05, 0.1) is 12.7 Å². The molecule has 0 amide bonds. The summed E-state index contributed by atoms with van der Waals surface area (Å²) in [5.74, 6) is -6.99. The van der Waals surface area contributed by atoms with Crippen LogP contribution in [0.4, 0.5) is 28.3 Å². The molecule has 2 N–H and O–H groups in total. The molecule has 0 saturated heterocycles. The van der Waals surface area contributed by atoms with Gasteiger partial charge in [-0.1, -0.05) is 6.92 Å². The third-order valence-electron chi connectivity index (χ3n) is 3.11. The number of benzene rings is 1. The number of halogens is 4. The molecule has 1 aromatic carbocycles. The monoisotopic (exact) mass is 392 g/mol. The van der Waals surface area contributed by atoms with Gasteiger partial charge < -0.3 is 15.4 Å². The van der Waals surface area contributed by atoms with Crippen molar-refractivity contribution in [1.82, 2.24) is 0 Å². The molecule has 0 radical (unpaired) electrons. The Kier molecular flexibility index (Phi) is 5.96. The molecule has 2 aromatic rings. The second-order valence-corrected chi connectivity index (χ2v) is 6.27. The number of hydrogen-bond acceptors (Lipinski definition) is 4. The first kappa shape index (κ1) is 19.1. The molecule has 0 fully saturated rings. The first-order chi connectivity index (χ1) is 11.8. The fraction of sp³-hybridized carbons (Fsp3) is 0.200. The number of carbonyl (C=O) groups is 1. The van der Waals surface area contributed by atoms with E-state index in [1.165, 1.54) is 18.4 Å². The maximum Gasteiger partial charge on any atom is 0.340 e. The van der Waals surface area contributed by atoms with Crippen LogP contribution in [-0.2, 0) is 11.2 Å². The molecule has 25 heavy (non-hydrogen) atoms. The van der Waals surface area contributed by atoms with Gasteiger partial charge in [-0.15, -0.1) is 11.3 Å². The highest BCUT2D eigenvalue weighted by atomic mass is 32.1. The summed E-state index contributed by atoms with van der Waals surface area (Å²) in [4.78, 5) is 12.6. The Hall–Kier alpha value is -2.20. The fourth-order valence-electron chi connectivity index (χ4n) is 1.90. The zero-order chi connectivity index (χ0) is 18.7. The van der Waals surface area contributed by atoms with Crippen molar-refractivity contribution in [2.24, 2.45) is 0 Å². The van der Waals surface area contributed by atoms with Crippen molar-refractivity contribution in [3.8, 4) is 0 Å². The summed E-state index contributed by atoms with van der Waals surface area (Å²) < 4.78 is 58.4. The number of hydrogen-bond donors (Lipinski definition) is 2. The van der Waals surface area contributed by atoms with E-state index in [1.807, 2.05) is 6.92 Å². The molecule has 134 valence electrons. The second kappa shape index (κ2) is 7.79. The van der Waals surface area contributed by atoms with Crippen LogP contribution in [-0.4, -0.2) is 18.2 Å². The zero-order valence-electron chi connectivity index (χ0n) is 13.0. The minimum Gasteiger partial charge on any atom is -0.465 e. The number of nitrogens with one attached hydrogen (secondary N) is 2. The molecule has 0 saturated carbocycles. The van der Waals surface area contributed by atoms with Crippen molar-refractivity contribution in [2.75, 3.05) is 17.7 Å². The molecule has 0 unspecified atom stereocenters. The molecule has 1 heterocycles. The van der Waals surface area contributed by atoms with Gasteiger partial charge in [-0.05, 0) is 24.7 Å². The van der Waals surface area contributed by atoms with Crippen molar-refractivity contribution in [1.29, 1.82) is 0 Å². The number of thiocarbonyl (C=S) groups is 1. The maximum absolute atomic E-state index is 13.7. The molecule has 1 aromatic heterocycles. The number of anilines is 2. The Bertz CT molecular complexity index is 813. The molecule has 0 aliphatic rings. The van der Waals surface area contributed by atoms with E-state index in [2.05, 4.69) is 15.4 Å². The summed E-state index contributed by atoms with van der Waals surface area (Å²) in [6.07, 6.45) is 0.634. The molecule has 0 bridgehead atoms. The van der Waals surface area contributed by atoms with E-state index in [1.54, 1.807) is 6.07 Å². The number of carbonyl (C=O) groups excluding carboxylic acids is 1. The number of aryl methyl sites for hydroxylation is 1. The Morgan fingerprint density at radius 3 is 2.28 bits per heavy atom. The summed E-state index contributed by atoms with van der Waals surface area (Å²) in [5.41, 5.74) is -0.887. The van der Waals surface area contributed by atoms with E-state index in [0.717, 1.165) is 4.88 Å². The van der Waals surface area contributed by atoms with Gasteiger partial charge in [0, 0.05) is 10.9 Å². The van der Waals surface area contributed by atoms with Crippen LogP contribution in [0.25, 0.3) is 0 Å². The number of methoxy groups -OCH3 is 1. The summed E-state index contributed by atoms with van der Waals surface area (Å²) in [7, 11) is 1.20. The Morgan fingerprint density at radius 2 is 1.76 bits per heavy atom. The van der Waals surface area contributed by atoms with E-state index < -0.39 is 34.9 Å². The van der Waals surface area contributed by atoms with Crippen LogP contribution in [0.2, 0.25) is 0 Å². The fourth-order valence-corrected chi connectivity index (χ4v) is 3.16. The van der Waals surface area contributed by atoms with Gasteiger partial charge in [0.2, 0.25) is 0 Å². The molecule has 0 aliphatic heterocycles. The topological polar surface area (TPSA) is 50.4 Å². The van der Waals surface area contributed by atoms with Gasteiger partial charge in [-0.25, -0.2) is 22.4 Å². The number of esters is 1. The van der Waals surface area contributed by atoms with Crippen molar-refractivity contribution in [2.45, 2.75) is 13.3 Å².